The summed E-state index contributed by atoms with van der Waals surface area (Å²) in [6.07, 6.45) is 6.48. The lowest BCUT2D eigenvalue weighted by Gasteiger charge is -2.37. The highest BCUT2D eigenvalue weighted by atomic mass is 16.5. The average Bonchev–Trinajstić information content (AvgIpc) is 2.68. The van der Waals surface area contributed by atoms with Gasteiger partial charge in [0.2, 0.25) is 11.8 Å². The fourth-order valence-corrected chi connectivity index (χ4v) is 4.52. The van der Waals surface area contributed by atoms with E-state index in [1.165, 1.54) is 12.8 Å². The van der Waals surface area contributed by atoms with Gasteiger partial charge in [-0.25, -0.2) is 0 Å². The molecular formula is C20H35N3O3. The van der Waals surface area contributed by atoms with Crippen molar-refractivity contribution in [3.8, 4) is 0 Å². The third-order valence-electron chi connectivity index (χ3n) is 6.54. The number of carbonyl (C=O) groups excluding carboxylic acids is 2. The van der Waals surface area contributed by atoms with Crippen molar-refractivity contribution in [1.29, 1.82) is 0 Å². The van der Waals surface area contributed by atoms with E-state index in [-0.39, 0.29) is 17.7 Å². The Morgan fingerprint density at radius 2 is 1.58 bits per heavy atom. The first kappa shape index (κ1) is 19.6. The molecule has 2 heterocycles. The lowest BCUT2D eigenvalue weighted by molar-refractivity contribution is -0.141. The fraction of sp³-hybridized carbons (Fsp3) is 0.900. The molecule has 0 atom stereocenters. The Bertz CT molecular complexity index is 477. The molecule has 3 rings (SSSR count). The first-order chi connectivity index (χ1) is 12.5. The second kappa shape index (κ2) is 9.18. The van der Waals surface area contributed by atoms with Gasteiger partial charge >= 0.3 is 0 Å². The summed E-state index contributed by atoms with van der Waals surface area (Å²) in [6, 6.07) is 0.416. The lowest BCUT2D eigenvalue weighted by Crippen LogP contribution is -2.49. The predicted molar refractivity (Wildman–Crippen MR) is 101 cm³/mol. The second-order valence-corrected chi connectivity index (χ2v) is 8.41. The Kier molecular flexibility index (Phi) is 6.92. The molecule has 0 unspecified atom stereocenters. The van der Waals surface area contributed by atoms with Crippen molar-refractivity contribution in [2.75, 3.05) is 53.0 Å². The van der Waals surface area contributed by atoms with Crippen molar-refractivity contribution in [3.05, 3.63) is 0 Å². The van der Waals surface area contributed by atoms with Crippen LogP contribution >= 0.6 is 0 Å². The normalized spacial score (nSPS) is 28.8. The molecule has 0 spiro atoms. The SMILES string of the molecule is CC1CCC(N(C)C(=O)CN2CCC(C(=O)N3CCOCC3)CC2)CC1. The zero-order valence-corrected chi connectivity index (χ0v) is 16.5. The second-order valence-electron chi connectivity index (χ2n) is 8.41. The zero-order valence-electron chi connectivity index (χ0n) is 16.5. The molecule has 6 nitrogen and oxygen atoms in total. The van der Waals surface area contributed by atoms with Gasteiger partial charge in [0.15, 0.2) is 0 Å². The van der Waals surface area contributed by atoms with Gasteiger partial charge in [-0.05, 0) is 57.5 Å². The maximum atomic E-state index is 12.6. The van der Waals surface area contributed by atoms with Crippen molar-refractivity contribution in [1.82, 2.24) is 14.7 Å². The smallest absolute Gasteiger partial charge is 0.236 e. The van der Waals surface area contributed by atoms with Crippen molar-refractivity contribution < 1.29 is 14.3 Å². The van der Waals surface area contributed by atoms with Crippen LogP contribution in [0.2, 0.25) is 0 Å². The number of likely N-dealkylation sites (tertiary alicyclic amines) is 1. The molecule has 2 saturated heterocycles. The largest absolute Gasteiger partial charge is 0.378 e. The molecular weight excluding hydrogens is 330 g/mol. The maximum Gasteiger partial charge on any atom is 0.236 e. The van der Waals surface area contributed by atoms with Crippen LogP contribution in [0.1, 0.15) is 45.4 Å². The standard InChI is InChI=1S/C20H35N3O3/c1-16-3-5-18(6-4-16)21(2)19(24)15-22-9-7-17(8-10-22)20(25)23-11-13-26-14-12-23/h16-18H,3-15H2,1-2H3. The Hall–Kier alpha value is -1.14. The number of piperidine rings is 1. The van der Waals surface area contributed by atoms with Gasteiger partial charge in [0.1, 0.15) is 0 Å². The van der Waals surface area contributed by atoms with Gasteiger partial charge in [-0.3, -0.25) is 14.5 Å². The lowest BCUT2D eigenvalue weighted by atomic mass is 9.87. The van der Waals surface area contributed by atoms with Crippen LogP contribution < -0.4 is 0 Å². The van der Waals surface area contributed by atoms with Gasteiger partial charge in [0, 0.05) is 32.1 Å². The molecule has 148 valence electrons. The fourth-order valence-electron chi connectivity index (χ4n) is 4.52. The van der Waals surface area contributed by atoms with Crippen LogP contribution in [0.3, 0.4) is 0 Å². The minimum Gasteiger partial charge on any atom is -0.378 e. The van der Waals surface area contributed by atoms with Gasteiger partial charge in [0.25, 0.3) is 0 Å². The van der Waals surface area contributed by atoms with E-state index in [9.17, 15) is 9.59 Å². The van der Waals surface area contributed by atoms with E-state index in [2.05, 4.69) is 11.8 Å². The molecule has 0 aromatic carbocycles. The number of carbonyl (C=O) groups is 2. The molecule has 3 aliphatic rings. The van der Waals surface area contributed by atoms with Crippen molar-refractivity contribution in [3.63, 3.8) is 0 Å². The molecule has 0 aromatic rings. The van der Waals surface area contributed by atoms with Crippen molar-refractivity contribution in [2.45, 2.75) is 51.5 Å². The Morgan fingerprint density at radius 3 is 2.19 bits per heavy atom. The summed E-state index contributed by atoms with van der Waals surface area (Å²) in [6.45, 7) is 7.27. The summed E-state index contributed by atoms with van der Waals surface area (Å²) in [4.78, 5) is 31.4. The summed E-state index contributed by atoms with van der Waals surface area (Å²) < 4.78 is 5.33. The highest BCUT2D eigenvalue weighted by molar-refractivity contribution is 5.79. The molecule has 1 aliphatic carbocycles. The van der Waals surface area contributed by atoms with E-state index in [4.69, 9.17) is 4.74 Å². The van der Waals surface area contributed by atoms with E-state index in [0.29, 0.717) is 25.8 Å². The number of morpholine rings is 1. The minimum atomic E-state index is 0.122. The summed E-state index contributed by atoms with van der Waals surface area (Å²) in [5.41, 5.74) is 0. The van der Waals surface area contributed by atoms with Gasteiger partial charge < -0.3 is 14.5 Å². The van der Waals surface area contributed by atoms with Crippen LogP contribution in [-0.2, 0) is 14.3 Å². The van der Waals surface area contributed by atoms with E-state index >= 15 is 0 Å². The number of hydrogen-bond donors (Lipinski definition) is 0. The van der Waals surface area contributed by atoms with Crippen LogP contribution in [-0.4, -0.2) is 85.5 Å². The van der Waals surface area contributed by atoms with Gasteiger partial charge in [0.05, 0.1) is 19.8 Å². The van der Waals surface area contributed by atoms with Crippen LogP contribution in [0.15, 0.2) is 0 Å². The number of likely N-dealkylation sites (N-methyl/N-ethyl adjacent to an activating group) is 1. The van der Waals surface area contributed by atoms with E-state index < -0.39 is 0 Å². The Labute approximate surface area is 157 Å². The van der Waals surface area contributed by atoms with Crippen LogP contribution in [0.25, 0.3) is 0 Å². The van der Waals surface area contributed by atoms with Crippen LogP contribution in [0.4, 0.5) is 0 Å². The molecule has 2 amide bonds. The molecule has 0 bridgehead atoms. The van der Waals surface area contributed by atoms with Crippen LogP contribution in [0, 0.1) is 11.8 Å². The number of ether oxygens (including phenoxy) is 1. The molecule has 3 fully saturated rings. The Balaban J connectivity index is 1.40. The number of nitrogens with zero attached hydrogens (tertiary/aromatic N) is 3. The predicted octanol–water partition coefficient (Wildman–Crippen LogP) is 1.59. The number of rotatable bonds is 4. The number of amides is 2. The molecule has 0 N–H and O–H groups in total. The third kappa shape index (κ3) is 4.97. The van der Waals surface area contributed by atoms with Crippen molar-refractivity contribution in [2.24, 2.45) is 11.8 Å². The molecule has 1 saturated carbocycles. The highest BCUT2D eigenvalue weighted by Gasteiger charge is 2.31. The molecule has 26 heavy (non-hydrogen) atoms. The molecule has 6 heteroatoms. The summed E-state index contributed by atoms with van der Waals surface area (Å²) in [7, 11) is 1.97. The minimum absolute atomic E-state index is 0.122. The van der Waals surface area contributed by atoms with Gasteiger partial charge in [-0.15, -0.1) is 0 Å². The van der Waals surface area contributed by atoms with E-state index in [0.717, 1.165) is 57.8 Å². The van der Waals surface area contributed by atoms with Gasteiger partial charge in [-0.2, -0.15) is 0 Å². The van der Waals surface area contributed by atoms with Gasteiger partial charge in [-0.1, -0.05) is 6.92 Å². The molecule has 0 aromatic heterocycles. The molecule has 0 radical (unpaired) electrons. The maximum absolute atomic E-state index is 12.6. The summed E-state index contributed by atoms with van der Waals surface area (Å²) >= 11 is 0. The van der Waals surface area contributed by atoms with E-state index in [1.54, 1.807) is 0 Å². The first-order valence-electron chi connectivity index (χ1n) is 10.4. The van der Waals surface area contributed by atoms with E-state index in [1.807, 2.05) is 16.8 Å². The average molecular weight is 366 g/mol. The third-order valence-corrected chi connectivity index (χ3v) is 6.54. The zero-order chi connectivity index (χ0) is 18.5. The quantitative estimate of drug-likeness (QED) is 0.759. The Morgan fingerprint density at radius 1 is 0.962 bits per heavy atom. The monoisotopic (exact) mass is 365 g/mol. The summed E-state index contributed by atoms with van der Waals surface area (Å²) in [5.74, 6) is 1.45. The first-order valence-corrected chi connectivity index (χ1v) is 10.4. The molecule has 2 aliphatic heterocycles. The van der Waals surface area contributed by atoms with Crippen LogP contribution in [0.5, 0.6) is 0 Å². The summed E-state index contributed by atoms with van der Waals surface area (Å²) in [5, 5.41) is 0. The van der Waals surface area contributed by atoms with Crippen molar-refractivity contribution >= 4 is 11.8 Å². The number of hydrogen-bond acceptors (Lipinski definition) is 4. The topological polar surface area (TPSA) is 53.1 Å². The highest BCUT2D eigenvalue weighted by Crippen LogP contribution is 2.27.